The number of hydrogen-bond acceptors (Lipinski definition) is 4. The monoisotopic (exact) mass is 304 g/mol. The first kappa shape index (κ1) is 16.0. The molecule has 0 aliphatic heterocycles. The molecule has 3 nitrogen and oxygen atoms in total. The summed E-state index contributed by atoms with van der Waals surface area (Å²) in [5, 5.41) is 6.55. The van der Waals surface area contributed by atoms with Gasteiger partial charge in [-0.2, -0.15) is 0 Å². The third-order valence-corrected chi connectivity index (χ3v) is 4.22. The van der Waals surface area contributed by atoms with Crippen molar-refractivity contribution in [1.29, 1.82) is 0 Å². The van der Waals surface area contributed by atoms with Gasteiger partial charge in [0.25, 0.3) is 0 Å². The Kier molecular flexibility index (Phi) is 6.21. The Morgan fingerprint density at radius 3 is 2.95 bits per heavy atom. The van der Waals surface area contributed by atoms with Crippen LogP contribution in [0, 0.1) is 0 Å². The normalized spacial score (nSPS) is 11.0. The zero-order chi connectivity index (χ0) is 15.1. The summed E-state index contributed by atoms with van der Waals surface area (Å²) >= 11 is 1.71. The maximum atomic E-state index is 5.84. The minimum atomic E-state index is 0.529. The first-order chi connectivity index (χ1) is 10.2. The second-order valence-electron chi connectivity index (χ2n) is 5.34. The largest absolute Gasteiger partial charge is 0.493 e. The first-order valence-corrected chi connectivity index (χ1v) is 8.43. The third kappa shape index (κ3) is 5.14. The van der Waals surface area contributed by atoms with E-state index in [1.165, 1.54) is 5.56 Å². The van der Waals surface area contributed by atoms with E-state index < -0.39 is 0 Å². The standard InChI is InChI=1S/C17H24N2OS/c1-4-18-11-15-12-21-17(19-15)8-9-20-16-7-5-6-14(10-16)13(2)3/h5-7,10,12-13,18H,4,8-9,11H2,1-3H3. The van der Waals surface area contributed by atoms with Crippen molar-refractivity contribution in [2.45, 2.75) is 39.7 Å². The summed E-state index contributed by atoms with van der Waals surface area (Å²) in [4.78, 5) is 4.60. The van der Waals surface area contributed by atoms with Gasteiger partial charge in [0.15, 0.2) is 0 Å². The summed E-state index contributed by atoms with van der Waals surface area (Å²) < 4.78 is 5.84. The Hall–Kier alpha value is -1.39. The molecule has 0 atom stereocenters. The fourth-order valence-corrected chi connectivity index (χ4v) is 2.80. The summed E-state index contributed by atoms with van der Waals surface area (Å²) in [5.41, 5.74) is 2.44. The lowest BCUT2D eigenvalue weighted by molar-refractivity contribution is 0.321. The Labute approximate surface area is 131 Å². The summed E-state index contributed by atoms with van der Waals surface area (Å²) in [7, 11) is 0. The molecule has 1 N–H and O–H groups in total. The highest BCUT2D eigenvalue weighted by atomic mass is 32.1. The van der Waals surface area contributed by atoms with E-state index in [4.69, 9.17) is 4.74 Å². The number of ether oxygens (including phenoxy) is 1. The van der Waals surface area contributed by atoms with E-state index in [-0.39, 0.29) is 0 Å². The van der Waals surface area contributed by atoms with E-state index in [0.717, 1.165) is 36.0 Å². The summed E-state index contributed by atoms with van der Waals surface area (Å²) in [6.45, 7) is 9.00. The van der Waals surface area contributed by atoms with Crippen molar-refractivity contribution in [2.24, 2.45) is 0 Å². The van der Waals surface area contributed by atoms with Gasteiger partial charge >= 0.3 is 0 Å². The van der Waals surface area contributed by atoms with Gasteiger partial charge in [-0.25, -0.2) is 4.98 Å². The molecule has 1 aromatic heterocycles. The molecule has 0 saturated heterocycles. The number of rotatable bonds is 8. The molecule has 0 saturated carbocycles. The second-order valence-corrected chi connectivity index (χ2v) is 6.28. The highest BCUT2D eigenvalue weighted by Gasteiger charge is 2.04. The average Bonchev–Trinajstić information content (AvgIpc) is 2.93. The lowest BCUT2D eigenvalue weighted by Crippen LogP contribution is -2.12. The van der Waals surface area contributed by atoms with Crippen LogP contribution in [-0.2, 0) is 13.0 Å². The number of aromatic nitrogens is 1. The molecule has 21 heavy (non-hydrogen) atoms. The van der Waals surface area contributed by atoms with Crippen molar-refractivity contribution >= 4 is 11.3 Å². The van der Waals surface area contributed by atoms with E-state index >= 15 is 0 Å². The third-order valence-electron chi connectivity index (χ3n) is 3.26. The van der Waals surface area contributed by atoms with Crippen LogP contribution in [0.2, 0.25) is 0 Å². The van der Waals surface area contributed by atoms with Crippen LogP contribution in [0.3, 0.4) is 0 Å². The lowest BCUT2D eigenvalue weighted by atomic mass is 10.0. The van der Waals surface area contributed by atoms with Crippen LogP contribution < -0.4 is 10.1 Å². The maximum absolute atomic E-state index is 5.84. The van der Waals surface area contributed by atoms with Crippen LogP contribution in [0.5, 0.6) is 5.75 Å². The Morgan fingerprint density at radius 1 is 1.33 bits per heavy atom. The van der Waals surface area contributed by atoms with Crippen molar-refractivity contribution in [3.05, 3.63) is 45.9 Å². The van der Waals surface area contributed by atoms with Crippen LogP contribution in [0.4, 0.5) is 0 Å². The Morgan fingerprint density at radius 2 is 2.19 bits per heavy atom. The van der Waals surface area contributed by atoms with Crippen molar-refractivity contribution in [3.63, 3.8) is 0 Å². The molecular weight excluding hydrogens is 280 g/mol. The van der Waals surface area contributed by atoms with E-state index in [9.17, 15) is 0 Å². The number of hydrogen-bond donors (Lipinski definition) is 1. The molecule has 1 aromatic carbocycles. The molecule has 114 valence electrons. The number of benzene rings is 1. The predicted octanol–water partition coefficient (Wildman–Crippen LogP) is 4.00. The van der Waals surface area contributed by atoms with E-state index in [1.54, 1.807) is 11.3 Å². The van der Waals surface area contributed by atoms with Gasteiger partial charge in [-0.05, 0) is 30.2 Å². The minimum absolute atomic E-state index is 0.529. The van der Waals surface area contributed by atoms with Gasteiger partial charge in [0, 0.05) is 18.3 Å². The first-order valence-electron chi connectivity index (χ1n) is 7.55. The van der Waals surface area contributed by atoms with Crippen molar-refractivity contribution in [1.82, 2.24) is 10.3 Å². The zero-order valence-corrected chi connectivity index (χ0v) is 13.9. The SMILES string of the molecule is CCNCc1csc(CCOc2cccc(C(C)C)c2)n1. The summed E-state index contributed by atoms with van der Waals surface area (Å²) in [5.74, 6) is 1.48. The van der Waals surface area contributed by atoms with Crippen molar-refractivity contribution in [3.8, 4) is 5.75 Å². The van der Waals surface area contributed by atoms with E-state index in [2.05, 4.69) is 54.7 Å². The van der Waals surface area contributed by atoms with E-state index in [0.29, 0.717) is 12.5 Å². The van der Waals surface area contributed by atoms with Crippen LogP contribution in [0.1, 0.15) is 43.0 Å². The fourth-order valence-electron chi connectivity index (χ4n) is 2.02. The molecule has 0 bridgehead atoms. The molecule has 0 radical (unpaired) electrons. The fraction of sp³-hybridized carbons (Fsp3) is 0.471. The lowest BCUT2D eigenvalue weighted by Gasteiger charge is -2.09. The molecule has 2 rings (SSSR count). The predicted molar refractivity (Wildman–Crippen MR) is 89.2 cm³/mol. The molecule has 1 heterocycles. The van der Waals surface area contributed by atoms with Gasteiger partial charge in [0.05, 0.1) is 17.3 Å². The zero-order valence-electron chi connectivity index (χ0n) is 13.1. The average molecular weight is 304 g/mol. The Bertz CT molecular complexity index is 551. The van der Waals surface area contributed by atoms with Gasteiger partial charge in [-0.3, -0.25) is 0 Å². The minimum Gasteiger partial charge on any atom is -0.493 e. The van der Waals surface area contributed by atoms with Crippen LogP contribution in [0.25, 0.3) is 0 Å². The summed E-state index contributed by atoms with van der Waals surface area (Å²) in [6, 6.07) is 8.35. The van der Waals surface area contributed by atoms with E-state index in [1.807, 2.05) is 6.07 Å². The van der Waals surface area contributed by atoms with Gasteiger partial charge in [0.1, 0.15) is 5.75 Å². The number of nitrogens with zero attached hydrogens (tertiary/aromatic N) is 1. The highest BCUT2D eigenvalue weighted by Crippen LogP contribution is 2.20. The molecule has 0 aliphatic carbocycles. The maximum Gasteiger partial charge on any atom is 0.119 e. The van der Waals surface area contributed by atoms with Crippen LogP contribution in [-0.4, -0.2) is 18.1 Å². The van der Waals surface area contributed by atoms with Crippen molar-refractivity contribution < 1.29 is 4.74 Å². The van der Waals surface area contributed by atoms with Gasteiger partial charge in [-0.15, -0.1) is 11.3 Å². The van der Waals surface area contributed by atoms with Gasteiger partial charge in [0.2, 0.25) is 0 Å². The summed E-state index contributed by atoms with van der Waals surface area (Å²) in [6.07, 6.45) is 0.864. The highest BCUT2D eigenvalue weighted by molar-refractivity contribution is 7.09. The van der Waals surface area contributed by atoms with Crippen LogP contribution in [0.15, 0.2) is 29.6 Å². The number of thiazole rings is 1. The topological polar surface area (TPSA) is 34.1 Å². The van der Waals surface area contributed by atoms with Gasteiger partial charge in [-0.1, -0.05) is 32.9 Å². The smallest absolute Gasteiger partial charge is 0.119 e. The van der Waals surface area contributed by atoms with Gasteiger partial charge < -0.3 is 10.1 Å². The molecule has 2 aromatic rings. The van der Waals surface area contributed by atoms with Crippen LogP contribution >= 0.6 is 11.3 Å². The molecule has 0 unspecified atom stereocenters. The quantitative estimate of drug-likeness (QED) is 0.800. The Balaban J connectivity index is 1.81. The molecule has 4 heteroatoms. The molecule has 0 fully saturated rings. The molecule has 0 spiro atoms. The second kappa shape index (κ2) is 8.15. The molecule has 0 amide bonds. The number of nitrogens with one attached hydrogen (secondary N) is 1. The molecular formula is C17H24N2OS. The molecule has 0 aliphatic rings. The van der Waals surface area contributed by atoms with Crippen molar-refractivity contribution in [2.75, 3.05) is 13.2 Å².